The van der Waals surface area contributed by atoms with Crippen molar-refractivity contribution in [2.24, 2.45) is 0 Å². The standard InChI is InChI=1S/C6H7O4P.C3H6O3/c7-11(8,9)10-6-4-2-1-3-5-6;1-2(4)3(5)6/h1-5H,(H2,7,8,9);2,4H,1H3,(H,5,6). The van der Waals surface area contributed by atoms with E-state index >= 15 is 0 Å². The molecular formula is C9H13O7P. The largest absolute Gasteiger partial charge is 0.524 e. The van der Waals surface area contributed by atoms with Gasteiger partial charge < -0.3 is 14.7 Å². The molecule has 0 heterocycles. The third-order valence-electron chi connectivity index (χ3n) is 1.32. The van der Waals surface area contributed by atoms with Crippen LogP contribution < -0.4 is 4.52 Å². The van der Waals surface area contributed by atoms with Crippen LogP contribution in [0.5, 0.6) is 5.75 Å². The topological polar surface area (TPSA) is 124 Å². The van der Waals surface area contributed by atoms with Crippen molar-refractivity contribution >= 4 is 13.8 Å². The molecule has 1 atom stereocenters. The van der Waals surface area contributed by atoms with Crippen molar-refractivity contribution in [3.63, 3.8) is 0 Å². The van der Waals surface area contributed by atoms with Crippen molar-refractivity contribution in [1.29, 1.82) is 0 Å². The summed E-state index contributed by atoms with van der Waals surface area (Å²) in [5.74, 6) is -1.02. The van der Waals surface area contributed by atoms with Crippen LogP contribution in [0, 0.1) is 0 Å². The summed E-state index contributed by atoms with van der Waals surface area (Å²) in [6.07, 6.45) is -1.23. The summed E-state index contributed by atoms with van der Waals surface area (Å²) in [5.41, 5.74) is 0. The van der Waals surface area contributed by atoms with Crippen LogP contribution in [0.4, 0.5) is 0 Å². The predicted octanol–water partition coefficient (Wildman–Crippen LogP) is 0.610. The third-order valence-corrected chi connectivity index (χ3v) is 1.77. The van der Waals surface area contributed by atoms with Gasteiger partial charge in [-0.25, -0.2) is 9.36 Å². The van der Waals surface area contributed by atoms with Gasteiger partial charge in [-0.2, -0.15) is 0 Å². The van der Waals surface area contributed by atoms with E-state index in [2.05, 4.69) is 4.52 Å². The van der Waals surface area contributed by atoms with Crippen molar-refractivity contribution in [3.05, 3.63) is 30.3 Å². The van der Waals surface area contributed by atoms with Crippen molar-refractivity contribution in [3.8, 4) is 5.75 Å². The minimum absolute atomic E-state index is 0.167. The number of hydrogen-bond donors (Lipinski definition) is 4. The summed E-state index contributed by atoms with van der Waals surface area (Å²) in [4.78, 5) is 26.2. The third kappa shape index (κ3) is 9.52. The maximum atomic E-state index is 10.3. The van der Waals surface area contributed by atoms with Gasteiger partial charge in [0.2, 0.25) is 0 Å². The fourth-order valence-corrected chi connectivity index (χ4v) is 1.02. The molecule has 0 aliphatic carbocycles. The van der Waals surface area contributed by atoms with E-state index in [1.165, 1.54) is 19.1 Å². The average Bonchev–Trinajstić information content (AvgIpc) is 2.17. The molecular weight excluding hydrogens is 251 g/mol. The van der Waals surface area contributed by atoms with Crippen LogP contribution in [-0.4, -0.2) is 32.1 Å². The molecule has 0 spiro atoms. The van der Waals surface area contributed by atoms with Gasteiger partial charge in [0, 0.05) is 0 Å². The Morgan fingerprint density at radius 1 is 1.29 bits per heavy atom. The monoisotopic (exact) mass is 264 g/mol. The highest BCUT2D eigenvalue weighted by atomic mass is 31.2. The van der Waals surface area contributed by atoms with Crippen LogP contribution in [0.1, 0.15) is 6.92 Å². The molecule has 0 bridgehead atoms. The number of phosphoric ester groups is 1. The summed E-state index contributed by atoms with van der Waals surface area (Å²) in [6, 6.07) is 7.93. The van der Waals surface area contributed by atoms with Crippen molar-refractivity contribution in [1.82, 2.24) is 0 Å². The molecule has 0 saturated carbocycles. The summed E-state index contributed by atoms with van der Waals surface area (Å²) >= 11 is 0. The SMILES string of the molecule is CC(O)C(=O)O.O=P(O)(O)Oc1ccccc1. The number of carbonyl (C=O) groups is 1. The molecule has 0 aliphatic rings. The lowest BCUT2D eigenvalue weighted by Crippen LogP contribution is -2.13. The highest BCUT2D eigenvalue weighted by Gasteiger charge is 2.14. The Balaban J connectivity index is 0.000000366. The van der Waals surface area contributed by atoms with Crippen molar-refractivity contribution in [2.45, 2.75) is 13.0 Å². The molecule has 1 aromatic carbocycles. The maximum Gasteiger partial charge on any atom is 0.524 e. The number of aliphatic carboxylic acids is 1. The Hall–Kier alpha value is -1.40. The van der Waals surface area contributed by atoms with Gasteiger partial charge in [0.25, 0.3) is 0 Å². The lowest BCUT2D eigenvalue weighted by Gasteiger charge is -2.04. The van der Waals surface area contributed by atoms with E-state index in [0.717, 1.165) is 0 Å². The quantitative estimate of drug-likeness (QED) is 0.589. The molecule has 0 aromatic heterocycles. The Morgan fingerprint density at radius 2 is 1.71 bits per heavy atom. The average molecular weight is 264 g/mol. The zero-order valence-electron chi connectivity index (χ0n) is 8.92. The fraction of sp³-hybridized carbons (Fsp3) is 0.222. The van der Waals surface area contributed by atoms with E-state index in [9.17, 15) is 9.36 Å². The highest BCUT2D eigenvalue weighted by molar-refractivity contribution is 7.46. The molecule has 96 valence electrons. The van der Waals surface area contributed by atoms with Crippen LogP contribution in [-0.2, 0) is 9.36 Å². The summed E-state index contributed by atoms with van der Waals surface area (Å²) in [6.45, 7) is 1.20. The normalized spacial score (nSPS) is 12.0. The van der Waals surface area contributed by atoms with Crippen LogP contribution in [0.15, 0.2) is 30.3 Å². The Labute approximate surface area is 97.5 Å². The second-order valence-electron chi connectivity index (χ2n) is 2.91. The van der Waals surface area contributed by atoms with E-state index in [4.69, 9.17) is 20.0 Å². The molecule has 0 saturated heterocycles. The fourth-order valence-electron chi connectivity index (χ4n) is 0.619. The number of aliphatic hydroxyl groups is 1. The second kappa shape index (κ2) is 7.03. The molecule has 1 aromatic rings. The highest BCUT2D eigenvalue weighted by Crippen LogP contribution is 2.36. The number of aliphatic hydroxyl groups excluding tert-OH is 1. The number of rotatable bonds is 3. The Kier molecular flexibility index (Phi) is 6.45. The van der Waals surface area contributed by atoms with E-state index < -0.39 is 19.9 Å². The maximum absolute atomic E-state index is 10.3. The first-order chi connectivity index (χ1) is 7.72. The first-order valence-corrected chi connectivity index (χ1v) is 5.96. The Morgan fingerprint density at radius 3 is 2.00 bits per heavy atom. The molecule has 17 heavy (non-hydrogen) atoms. The first kappa shape index (κ1) is 15.6. The zero-order valence-corrected chi connectivity index (χ0v) is 9.82. The van der Waals surface area contributed by atoms with Crippen LogP contribution in [0.25, 0.3) is 0 Å². The van der Waals surface area contributed by atoms with Gasteiger partial charge in [0.1, 0.15) is 11.9 Å². The van der Waals surface area contributed by atoms with Gasteiger partial charge in [-0.15, -0.1) is 0 Å². The number of hydrogen-bond acceptors (Lipinski definition) is 4. The first-order valence-electron chi connectivity index (χ1n) is 4.43. The van der Waals surface area contributed by atoms with E-state index in [1.54, 1.807) is 18.2 Å². The van der Waals surface area contributed by atoms with Crippen molar-refractivity contribution in [2.75, 3.05) is 0 Å². The summed E-state index contributed by atoms with van der Waals surface area (Å²) < 4.78 is 14.5. The van der Waals surface area contributed by atoms with Crippen LogP contribution >= 0.6 is 7.82 Å². The van der Waals surface area contributed by atoms with E-state index in [1.807, 2.05) is 0 Å². The number of phosphoric acid groups is 1. The van der Waals surface area contributed by atoms with Crippen molar-refractivity contribution < 1.29 is 33.9 Å². The van der Waals surface area contributed by atoms with Crippen LogP contribution in [0.3, 0.4) is 0 Å². The zero-order chi connectivity index (χ0) is 13.5. The lowest BCUT2D eigenvalue weighted by molar-refractivity contribution is -0.145. The van der Waals surface area contributed by atoms with Gasteiger partial charge in [0.05, 0.1) is 0 Å². The van der Waals surface area contributed by atoms with E-state index in [0.29, 0.717) is 0 Å². The minimum Gasteiger partial charge on any atom is -0.479 e. The lowest BCUT2D eigenvalue weighted by atomic mass is 10.3. The van der Waals surface area contributed by atoms with Crippen LogP contribution in [0.2, 0.25) is 0 Å². The molecule has 0 aliphatic heterocycles. The molecule has 0 fully saturated rings. The van der Waals surface area contributed by atoms with Gasteiger partial charge in [-0.3, -0.25) is 9.79 Å². The van der Waals surface area contributed by atoms with Gasteiger partial charge >= 0.3 is 13.8 Å². The molecule has 1 rings (SSSR count). The second-order valence-corrected chi connectivity index (χ2v) is 4.07. The number of benzene rings is 1. The molecule has 0 amide bonds. The molecule has 1 unspecified atom stereocenters. The summed E-state index contributed by atoms with van der Waals surface area (Å²) in [7, 11) is -4.39. The minimum atomic E-state index is -4.39. The van der Waals surface area contributed by atoms with Gasteiger partial charge in [-0.1, -0.05) is 18.2 Å². The number of carboxylic acid groups (broad SMARTS) is 1. The number of carboxylic acids is 1. The smallest absolute Gasteiger partial charge is 0.479 e. The summed E-state index contributed by atoms with van der Waals surface area (Å²) in [5, 5.41) is 15.8. The van der Waals surface area contributed by atoms with E-state index in [-0.39, 0.29) is 5.75 Å². The number of para-hydroxylation sites is 1. The molecule has 7 nitrogen and oxygen atoms in total. The van der Waals surface area contributed by atoms with Gasteiger partial charge in [-0.05, 0) is 19.1 Å². The molecule has 8 heteroatoms. The molecule has 0 radical (unpaired) electrons. The Bertz CT molecular complexity index is 384. The molecule has 4 N–H and O–H groups in total. The van der Waals surface area contributed by atoms with Gasteiger partial charge in [0.15, 0.2) is 0 Å². The predicted molar refractivity (Wildman–Crippen MR) is 58.4 cm³/mol.